The zero-order valence-electron chi connectivity index (χ0n) is 14.5. The number of nitrogens with zero attached hydrogens (tertiary/aromatic N) is 1. The molecule has 3 rings (SSSR count). The van der Waals surface area contributed by atoms with Gasteiger partial charge in [0.15, 0.2) is 5.11 Å². The molecule has 128 valence electrons. The van der Waals surface area contributed by atoms with Crippen LogP contribution in [0.2, 0.25) is 0 Å². The second-order valence-electron chi connectivity index (χ2n) is 5.89. The maximum Gasteiger partial charge on any atom is 0.171 e. The minimum absolute atomic E-state index is 0.115. The minimum atomic E-state index is 0.115. The lowest BCUT2D eigenvalue weighted by molar-refractivity contribution is 0.419. The summed E-state index contributed by atoms with van der Waals surface area (Å²) in [5, 5.41) is 8.17. The van der Waals surface area contributed by atoms with Crippen LogP contribution >= 0.6 is 12.2 Å². The number of methoxy groups -OCH3 is 1. The Balaban J connectivity index is 1.80. The summed E-state index contributed by atoms with van der Waals surface area (Å²) in [6.07, 6.45) is 1.76. The van der Waals surface area contributed by atoms with Crippen molar-refractivity contribution in [2.75, 3.05) is 12.4 Å². The van der Waals surface area contributed by atoms with E-state index in [0.717, 1.165) is 22.3 Å². The molecule has 1 aromatic heterocycles. The number of hydrogen-bond donors (Lipinski definition) is 2. The monoisotopic (exact) mass is 351 g/mol. The van der Waals surface area contributed by atoms with Crippen LogP contribution in [0.3, 0.4) is 0 Å². The fourth-order valence-corrected chi connectivity index (χ4v) is 3.21. The van der Waals surface area contributed by atoms with E-state index in [1.165, 1.54) is 11.1 Å². The highest BCUT2D eigenvalue weighted by molar-refractivity contribution is 7.80. The zero-order chi connectivity index (χ0) is 17.8. The lowest BCUT2D eigenvalue weighted by atomic mass is 10.0. The number of aromatic nitrogens is 1. The predicted molar refractivity (Wildman–Crippen MR) is 107 cm³/mol. The molecule has 0 fully saturated rings. The Morgan fingerprint density at radius 3 is 2.68 bits per heavy atom. The molecule has 1 heterocycles. The normalized spacial score (nSPS) is 11.8. The van der Waals surface area contributed by atoms with Crippen molar-refractivity contribution in [2.24, 2.45) is 0 Å². The van der Waals surface area contributed by atoms with Crippen LogP contribution in [0.15, 0.2) is 54.7 Å². The molecule has 0 spiro atoms. The van der Waals surface area contributed by atoms with Gasteiger partial charge in [-0.15, -0.1) is 0 Å². The summed E-state index contributed by atoms with van der Waals surface area (Å²) in [6.45, 7) is 4.20. The number of anilines is 1. The molecule has 2 N–H and O–H groups in total. The van der Waals surface area contributed by atoms with Gasteiger partial charge in [-0.25, -0.2) is 0 Å². The number of benzene rings is 2. The molecule has 0 aliphatic carbocycles. The van der Waals surface area contributed by atoms with Gasteiger partial charge in [0.2, 0.25) is 0 Å². The number of fused-ring (bicyclic) bond motifs is 1. The van der Waals surface area contributed by atoms with E-state index in [4.69, 9.17) is 17.0 Å². The Labute approximate surface area is 153 Å². The van der Waals surface area contributed by atoms with Crippen molar-refractivity contribution < 1.29 is 4.74 Å². The highest BCUT2D eigenvalue weighted by Gasteiger charge is 2.11. The molecule has 0 aliphatic heterocycles. The highest BCUT2D eigenvalue weighted by Crippen LogP contribution is 2.29. The predicted octanol–water partition coefficient (Wildman–Crippen LogP) is 4.60. The van der Waals surface area contributed by atoms with E-state index in [0.29, 0.717) is 5.11 Å². The Morgan fingerprint density at radius 2 is 1.92 bits per heavy atom. The molecule has 2 aromatic carbocycles. The van der Waals surface area contributed by atoms with E-state index in [1.54, 1.807) is 13.3 Å². The van der Waals surface area contributed by atoms with Gasteiger partial charge in [-0.3, -0.25) is 4.98 Å². The van der Waals surface area contributed by atoms with Gasteiger partial charge >= 0.3 is 0 Å². The molecule has 0 bridgehead atoms. The molecule has 1 atom stereocenters. The number of thiocarbonyl (C=S) groups is 1. The van der Waals surface area contributed by atoms with E-state index >= 15 is 0 Å². The van der Waals surface area contributed by atoms with Crippen LogP contribution < -0.4 is 15.4 Å². The van der Waals surface area contributed by atoms with Gasteiger partial charge in [0.25, 0.3) is 0 Å². The van der Waals surface area contributed by atoms with Gasteiger partial charge in [0.05, 0.1) is 13.2 Å². The van der Waals surface area contributed by atoms with Gasteiger partial charge in [0, 0.05) is 17.3 Å². The van der Waals surface area contributed by atoms with Gasteiger partial charge in [-0.2, -0.15) is 0 Å². The van der Waals surface area contributed by atoms with Crippen LogP contribution in [-0.4, -0.2) is 17.2 Å². The number of rotatable bonds is 4. The second kappa shape index (κ2) is 7.49. The number of nitrogens with one attached hydrogen (secondary N) is 2. The van der Waals surface area contributed by atoms with Crippen molar-refractivity contribution >= 4 is 33.9 Å². The summed E-state index contributed by atoms with van der Waals surface area (Å²) in [5.74, 6) is 0.744. The van der Waals surface area contributed by atoms with E-state index in [2.05, 4.69) is 41.6 Å². The van der Waals surface area contributed by atoms with Gasteiger partial charge in [-0.1, -0.05) is 24.3 Å². The first-order valence-corrected chi connectivity index (χ1v) is 8.55. The van der Waals surface area contributed by atoms with Gasteiger partial charge in [0.1, 0.15) is 11.3 Å². The molecule has 0 saturated carbocycles. The first kappa shape index (κ1) is 17.2. The van der Waals surface area contributed by atoms with Crippen LogP contribution in [0.5, 0.6) is 5.75 Å². The van der Waals surface area contributed by atoms with Crippen LogP contribution in [0.1, 0.15) is 24.1 Å². The quantitative estimate of drug-likeness (QED) is 0.673. The number of ether oxygens (including phenoxy) is 1. The average molecular weight is 351 g/mol. The molecule has 5 heteroatoms. The van der Waals surface area contributed by atoms with Crippen LogP contribution in [-0.2, 0) is 0 Å². The van der Waals surface area contributed by atoms with Gasteiger partial charge < -0.3 is 15.4 Å². The minimum Gasteiger partial charge on any atom is -0.494 e. The standard InChI is InChI=1S/C20H21N3OS/c1-13-7-4-5-8-15(13)14(2)22-20(25)23-17-10-11-18(24-3)19-16(17)9-6-12-21-19/h4-12,14H,1-3H3,(H2,22,23,25)/t14-/m0/s1. The Morgan fingerprint density at radius 1 is 1.12 bits per heavy atom. The van der Waals surface area contributed by atoms with E-state index in [1.807, 2.05) is 36.4 Å². The third kappa shape index (κ3) is 3.72. The van der Waals surface area contributed by atoms with E-state index < -0.39 is 0 Å². The number of aryl methyl sites for hydroxylation is 1. The molecular formula is C20H21N3OS. The summed E-state index contributed by atoms with van der Waals surface area (Å²) in [5.41, 5.74) is 4.18. The van der Waals surface area contributed by atoms with Gasteiger partial charge in [-0.05, 0) is 61.5 Å². The topological polar surface area (TPSA) is 46.2 Å². The highest BCUT2D eigenvalue weighted by atomic mass is 32.1. The van der Waals surface area contributed by atoms with Crippen molar-refractivity contribution in [3.8, 4) is 5.75 Å². The summed E-state index contributed by atoms with van der Waals surface area (Å²) in [7, 11) is 1.65. The summed E-state index contributed by atoms with van der Waals surface area (Å²) in [4.78, 5) is 4.41. The fraction of sp³-hybridized carbons (Fsp3) is 0.200. The molecule has 3 aromatic rings. The summed E-state index contributed by atoms with van der Waals surface area (Å²) in [6, 6.07) is 16.2. The lowest BCUT2D eigenvalue weighted by Gasteiger charge is -2.20. The first-order chi connectivity index (χ1) is 12.1. The van der Waals surface area contributed by atoms with Crippen LogP contribution in [0, 0.1) is 6.92 Å². The largest absolute Gasteiger partial charge is 0.494 e. The lowest BCUT2D eigenvalue weighted by Crippen LogP contribution is -2.31. The molecule has 0 amide bonds. The Kier molecular flexibility index (Phi) is 5.14. The zero-order valence-corrected chi connectivity index (χ0v) is 15.4. The van der Waals surface area contributed by atoms with E-state index in [-0.39, 0.29) is 6.04 Å². The fourth-order valence-electron chi connectivity index (χ4n) is 2.93. The number of hydrogen-bond acceptors (Lipinski definition) is 3. The van der Waals surface area contributed by atoms with Crippen LogP contribution in [0.4, 0.5) is 5.69 Å². The molecule has 0 unspecified atom stereocenters. The maximum atomic E-state index is 5.51. The van der Waals surface area contributed by atoms with Crippen molar-refractivity contribution in [1.29, 1.82) is 0 Å². The van der Waals surface area contributed by atoms with Crippen molar-refractivity contribution in [1.82, 2.24) is 10.3 Å². The van der Waals surface area contributed by atoms with Crippen molar-refractivity contribution in [3.05, 3.63) is 65.9 Å². The SMILES string of the molecule is COc1ccc(NC(=S)N[C@@H](C)c2ccccc2C)c2cccnc12. The van der Waals surface area contributed by atoms with Crippen molar-refractivity contribution in [2.45, 2.75) is 19.9 Å². The van der Waals surface area contributed by atoms with Crippen LogP contribution in [0.25, 0.3) is 10.9 Å². The first-order valence-electron chi connectivity index (χ1n) is 8.15. The Bertz CT molecular complexity index is 910. The van der Waals surface area contributed by atoms with Crippen molar-refractivity contribution in [3.63, 3.8) is 0 Å². The third-order valence-electron chi connectivity index (χ3n) is 4.20. The molecule has 0 aliphatic rings. The second-order valence-corrected chi connectivity index (χ2v) is 6.30. The third-order valence-corrected chi connectivity index (χ3v) is 4.42. The molecule has 25 heavy (non-hydrogen) atoms. The molecule has 4 nitrogen and oxygen atoms in total. The average Bonchev–Trinajstić information content (AvgIpc) is 2.62. The smallest absolute Gasteiger partial charge is 0.171 e. The molecule has 0 radical (unpaired) electrons. The maximum absolute atomic E-state index is 5.51. The van der Waals surface area contributed by atoms with E-state index in [9.17, 15) is 0 Å². The summed E-state index contributed by atoms with van der Waals surface area (Å²) >= 11 is 5.51. The Hall–Kier alpha value is -2.66. The summed E-state index contributed by atoms with van der Waals surface area (Å²) < 4.78 is 5.38. The molecule has 0 saturated heterocycles. The number of pyridine rings is 1. The molecular weight excluding hydrogens is 330 g/mol.